The number of allylic oxidation sites excluding steroid dienone is 6. The van der Waals surface area contributed by atoms with Gasteiger partial charge >= 0.3 is 5.97 Å². The third kappa shape index (κ3) is 11.2. The third-order valence-corrected chi connectivity index (χ3v) is 10.9. The molecule has 1 aromatic heterocycles. The van der Waals surface area contributed by atoms with Gasteiger partial charge in [-0.2, -0.15) is 4.57 Å². The Kier molecular flexibility index (Phi) is 14.3. The Hall–Kier alpha value is -5.23. The molecule has 294 valence electrons. The van der Waals surface area contributed by atoms with E-state index in [0.717, 1.165) is 96.0 Å². The number of carbonyl (C=O) groups excluding carboxylic acids is 2. The summed E-state index contributed by atoms with van der Waals surface area (Å²) in [5, 5.41) is 0.957. The first-order chi connectivity index (χ1) is 26.7. The minimum atomic E-state index is -0.886. The molecule has 2 heterocycles. The highest BCUT2D eigenvalue weighted by atomic mass is 16.5. The van der Waals surface area contributed by atoms with Gasteiger partial charge in [0.15, 0.2) is 0 Å². The molecule has 0 fully saturated rings. The molecule has 0 saturated heterocycles. The van der Waals surface area contributed by atoms with Crippen molar-refractivity contribution in [1.29, 1.82) is 0 Å². The number of benzene rings is 3. The number of nitrogens with zero attached hydrogens (tertiary/aromatic N) is 1. The second-order valence-electron chi connectivity index (χ2n) is 16.2. The largest absolute Gasteiger partial charge is 0.487 e. The van der Waals surface area contributed by atoms with Gasteiger partial charge in [0.1, 0.15) is 22.9 Å². The number of aryl methyl sites for hydroxylation is 1. The monoisotopic (exact) mass is 753 g/mol. The second kappa shape index (κ2) is 19.1. The molecular formula is C50H61N2O4+. The van der Waals surface area contributed by atoms with Crippen molar-refractivity contribution in [2.45, 2.75) is 125 Å². The summed E-state index contributed by atoms with van der Waals surface area (Å²) in [6, 6.07) is 20.6. The van der Waals surface area contributed by atoms with Crippen molar-refractivity contribution >= 4 is 40.5 Å². The summed E-state index contributed by atoms with van der Waals surface area (Å²) in [6.45, 7) is 16.5. The van der Waals surface area contributed by atoms with Gasteiger partial charge in [-0.3, -0.25) is 4.79 Å². The highest BCUT2D eigenvalue weighted by Crippen LogP contribution is 2.42. The number of ether oxygens (including phenoxy) is 2. The molecule has 1 aliphatic heterocycles. The Bertz CT molecular complexity index is 2170. The molecule has 2 unspecified atom stereocenters. The summed E-state index contributed by atoms with van der Waals surface area (Å²) >= 11 is 0. The summed E-state index contributed by atoms with van der Waals surface area (Å²) in [5.41, 5.74) is 16.0. The molecule has 0 spiro atoms. The molecule has 56 heavy (non-hydrogen) atoms. The molecule has 6 heteroatoms. The Labute approximate surface area is 334 Å². The van der Waals surface area contributed by atoms with Crippen LogP contribution in [0.25, 0.3) is 23.1 Å². The molecule has 3 aromatic carbocycles. The van der Waals surface area contributed by atoms with Gasteiger partial charge in [0.05, 0.1) is 6.42 Å². The lowest BCUT2D eigenvalue weighted by Crippen LogP contribution is -2.49. The second-order valence-corrected chi connectivity index (χ2v) is 16.2. The van der Waals surface area contributed by atoms with Crippen molar-refractivity contribution in [3.63, 3.8) is 0 Å². The first-order valence-corrected chi connectivity index (χ1v) is 20.2. The van der Waals surface area contributed by atoms with Gasteiger partial charge < -0.3 is 15.2 Å². The van der Waals surface area contributed by atoms with E-state index in [2.05, 4.69) is 52.8 Å². The van der Waals surface area contributed by atoms with E-state index in [0.29, 0.717) is 11.4 Å². The molecule has 0 aliphatic carbocycles. The number of carbonyl (C=O) groups is 2. The number of Topliss-reactive ketones (excluding diaryl/α,β-unsaturated/α-hetero) is 1. The van der Waals surface area contributed by atoms with Gasteiger partial charge in [-0.15, -0.1) is 0 Å². The highest BCUT2D eigenvalue weighted by molar-refractivity contribution is 5.85. The minimum Gasteiger partial charge on any atom is -0.487 e. The maximum atomic E-state index is 14.4. The fourth-order valence-electron chi connectivity index (χ4n) is 7.61. The van der Waals surface area contributed by atoms with Gasteiger partial charge in [-0.25, -0.2) is 4.79 Å². The fraction of sp³-hybridized carbons (Fsp3) is 0.380. The van der Waals surface area contributed by atoms with Crippen LogP contribution in [0.5, 0.6) is 11.5 Å². The number of para-hydroxylation sites is 1. The molecule has 0 amide bonds. The van der Waals surface area contributed by atoms with E-state index in [-0.39, 0.29) is 17.8 Å². The molecule has 0 saturated carbocycles. The Balaban J connectivity index is 1.32. The number of nitrogen functional groups attached to an aromatic ring is 1. The van der Waals surface area contributed by atoms with Crippen LogP contribution in [0.2, 0.25) is 0 Å². The van der Waals surface area contributed by atoms with Gasteiger partial charge in [0.25, 0.3) is 6.04 Å². The smallest absolute Gasteiger partial charge is 0.381 e. The molecular weight excluding hydrogens is 693 g/mol. The molecule has 0 radical (unpaired) electrons. The first kappa shape index (κ1) is 41.9. The average Bonchev–Trinajstić information content (AvgIpc) is 3.14. The molecule has 2 atom stereocenters. The van der Waals surface area contributed by atoms with Gasteiger partial charge in [0, 0.05) is 34.8 Å². The lowest BCUT2D eigenvalue weighted by molar-refractivity contribution is -0.686. The summed E-state index contributed by atoms with van der Waals surface area (Å²) in [7, 11) is 0. The predicted molar refractivity (Wildman–Crippen MR) is 232 cm³/mol. The van der Waals surface area contributed by atoms with E-state index in [4.69, 9.17) is 15.2 Å². The van der Waals surface area contributed by atoms with Crippen LogP contribution in [-0.2, 0) is 16.0 Å². The maximum Gasteiger partial charge on any atom is 0.381 e. The number of rotatable bonds is 16. The van der Waals surface area contributed by atoms with Gasteiger partial charge in [-0.05, 0) is 160 Å². The number of ketones is 1. The Morgan fingerprint density at radius 3 is 2.25 bits per heavy atom. The molecule has 2 N–H and O–H groups in total. The zero-order valence-corrected chi connectivity index (χ0v) is 34.8. The minimum absolute atomic E-state index is 0.00835. The molecule has 6 nitrogen and oxygen atoms in total. The number of esters is 1. The van der Waals surface area contributed by atoms with Crippen LogP contribution in [0.1, 0.15) is 127 Å². The Morgan fingerprint density at radius 2 is 1.55 bits per heavy atom. The van der Waals surface area contributed by atoms with Crippen LogP contribution >= 0.6 is 0 Å². The van der Waals surface area contributed by atoms with Crippen molar-refractivity contribution in [1.82, 2.24) is 0 Å². The Morgan fingerprint density at radius 1 is 0.875 bits per heavy atom. The van der Waals surface area contributed by atoms with Gasteiger partial charge in [0.2, 0.25) is 11.2 Å². The quantitative estimate of drug-likeness (QED) is 0.0405. The predicted octanol–water partition coefficient (Wildman–Crippen LogP) is 11.9. The number of anilines is 1. The van der Waals surface area contributed by atoms with E-state index in [1.807, 2.05) is 97.3 Å². The number of fused-ring (bicyclic) bond motifs is 2. The van der Waals surface area contributed by atoms with Crippen LogP contribution < -0.4 is 19.8 Å². The number of hydrogen-bond donors (Lipinski definition) is 1. The van der Waals surface area contributed by atoms with Crippen LogP contribution in [-0.4, -0.2) is 17.4 Å². The first-order valence-electron chi connectivity index (χ1n) is 20.2. The zero-order valence-electron chi connectivity index (χ0n) is 34.8. The van der Waals surface area contributed by atoms with Crippen molar-refractivity contribution in [3.05, 3.63) is 130 Å². The topological polar surface area (TPSA) is 82.5 Å². The van der Waals surface area contributed by atoms with E-state index >= 15 is 0 Å². The highest BCUT2D eigenvalue weighted by Gasteiger charge is 2.37. The van der Waals surface area contributed by atoms with Crippen LogP contribution in [0.3, 0.4) is 0 Å². The zero-order chi connectivity index (χ0) is 40.4. The summed E-state index contributed by atoms with van der Waals surface area (Å²) in [4.78, 5) is 27.2. The molecule has 4 aromatic rings. The van der Waals surface area contributed by atoms with Crippen molar-refractivity contribution in [2.75, 3.05) is 5.73 Å². The van der Waals surface area contributed by atoms with Gasteiger partial charge in [-0.1, -0.05) is 59.2 Å². The number of pyridine rings is 1. The fourth-order valence-corrected chi connectivity index (χ4v) is 7.61. The third-order valence-electron chi connectivity index (χ3n) is 10.9. The van der Waals surface area contributed by atoms with Crippen molar-refractivity contribution in [3.8, 4) is 11.5 Å². The van der Waals surface area contributed by atoms with E-state index in [1.165, 1.54) is 23.6 Å². The molecule has 0 bridgehead atoms. The normalized spacial score (nSPS) is 16.4. The maximum absolute atomic E-state index is 14.4. The van der Waals surface area contributed by atoms with E-state index < -0.39 is 12.0 Å². The SMILES string of the molecule is CC(=O)CC(C(=O)Oc1c(C)cc2c(c1C)CCC(C)(CC/C=C(\C)CC/C=C(\C)CCC=C(C)C)O2)[n+]1c(/C=C/c2ccc(N)cc2)ccc2ccccc21. The van der Waals surface area contributed by atoms with Crippen LogP contribution in [0.15, 0.2) is 102 Å². The summed E-state index contributed by atoms with van der Waals surface area (Å²) < 4.78 is 15.0. The lowest BCUT2D eigenvalue weighted by Gasteiger charge is -2.37. The van der Waals surface area contributed by atoms with Crippen molar-refractivity contribution < 1.29 is 23.6 Å². The van der Waals surface area contributed by atoms with Crippen LogP contribution in [0.4, 0.5) is 5.69 Å². The number of hydrogen-bond acceptors (Lipinski definition) is 5. The summed E-state index contributed by atoms with van der Waals surface area (Å²) in [6.07, 6.45) is 19.0. The molecule has 5 rings (SSSR count). The number of aromatic nitrogens is 1. The standard InChI is InChI=1S/C50H60N2O4/c1-34(2)14-11-15-35(3)16-12-17-36(4)18-13-30-50(8)31-29-44-39(7)48(37(5)32-47(44)56-50)55-49(54)46(33-38(6)53)52-43(27-23-40-21-25-42(51)26-22-40)28-24-41-19-9-10-20-45(41)52/h9-10,14,16,18-28,32,46,51H,11-13,15,17,29-31,33H2,1-8H3/p+1/b35-16+,36-18+. The van der Waals surface area contributed by atoms with E-state index in [1.54, 1.807) is 0 Å². The average molecular weight is 754 g/mol. The molecule has 1 aliphatic rings. The van der Waals surface area contributed by atoms with Crippen LogP contribution in [0, 0.1) is 13.8 Å². The summed E-state index contributed by atoms with van der Waals surface area (Å²) in [5.74, 6) is 0.818. The lowest BCUT2D eigenvalue weighted by atomic mass is 9.86. The number of nitrogens with two attached hydrogens (primary N) is 1. The van der Waals surface area contributed by atoms with E-state index in [9.17, 15) is 9.59 Å². The van der Waals surface area contributed by atoms with Crippen molar-refractivity contribution in [2.24, 2.45) is 0 Å².